The third-order valence-corrected chi connectivity index (χ3v) is 40.1. The quantitative estimate of drug-likeness (QED) is 0.0346. The molecule has 0 bridgehead atoms. The molecule has 12 aromatic rings. The van der Waals surface area contributed by atoms with Gasteiger partial charge in [0.2, 0.25) is 0 Å². The fourth-order valence-electron chi connectivity index (χ4n) is 21.5. The van der Waals surface area contributed by atoms with Crippen molar-refractivity contribution in [2.24, 2.45) is 0 Å². The lowest BCUT2D eigenvalue weighted by Gasteiger charge is -2.30. The van der Waals surface area contributed by atoms with E-state index < -0.39 is 0 Å². The Morgan fingerprint density at radius 1 is 0.196 bits per heavy atom. The summed E-state index contributed by atoms with van der Waals surface area (Å²) < 4.78 is 0. The molecule has 792 valence electrons. The summed E-state index contributed by atoms with van der Waals surface area (Å²) in [6.07, 6.45) is 22.4. The number of hydrogen-bond acceptors (Lipinski definition) is 12. The molecule has 0 heterocycles. The van der Waals surface area contributed by atoms with Crippen LogP contribution in [0.5, 0.6) is 34.5 Å². The van der Waals surface area contributed by atoms with E-state index in [-0.39, 0.29) is 32.5 Å². The van der Waals surface area contributed by atoms with E-state index in [9.17, 15) is 30.6 Å². The Morgan fingerprint density at radius 2 is 0.372 bits per heavy atom. The molecular weight excluding hydrogens is 1920 g/mol. The molecule has 6 nitrogen and oxygen atoms in total. The number of benzene rings is 12. The van der Waals surface area contributed by atoms with Crippen molar-refractivity contribution in [3.63, 3.8) is 0 Å². The lowest BCUT2D eigenvalue weighted by Crippen LogP contribution is -2.22. The number of aromatic hydroxyl groups is 6. The molecule has 3 unspecified atom stereocenters. The zero-order valence-electron chi connectivity index (χ0n) is 95.0. The zero-order chi connectivity index (χ0) is 107. The average molecular weight is 2100 g/mol. The maximum atomic E-state index is 11.9. The van der Waals surface area contributed by atoms with Gasteiger partial charge in [0, 0.05) is 133 Å². The van der Waals surface area contributed by atoms with Gasteiger partial charge in [0.1, 0.15) is 34.5 Å². The van der Waals surface area contributed by atoms with E-state index in [1.165, 1.54) is 205 Å². The molecule has 3 fully saturated rings. The van der Waals surface area contributed by atoms with Gasteiger partial charge < -0.3 is 30.6 Å². The van der Waals surface area contributed by atoms with Crippen molar-refractivity contribution in [2.75, 3.05) is 0 Å². The van der Waals surface area contributed by atoms with E-state index in [2.05, 4.69) is 388 Å². The van der Waals surface area contributed by atoms with Crippen LogP contribution in [0.3, 0.4) is 0 Å². The monoisotopic (exact) mass is 2100 g/mol. The molecule has 0 saturated heterocycles. The highest BCUT2D eigenvalue weighted by atomic mass is 32.2. The number of phenols is 6. The Hall–Kier alpha value is -8.46. The molecule has 0 aromatic heterocycles. The van der Waals surface area contributed by atoms with Crippen molar-refractivity contribution >= 4 is 70.6 Å². The van der Waals surface area contributed by atoms with Gasteiger partial charge in [-0.15, -0.1) is 0 Å². The van der Waals surface area contributed by atoms with Crippen molar-refractivity contribution in [2.45, 2.75) is 408 Å². The zero-order valence-corrected chi connectivity index (χ0v) is 99.9. The van der Waals surface area contributed by atoms with Crippen LogP contribution in [0.4, 0.5) is 0 Å². The first-order valence-electron chi connectivity index (χ1n) is 55.1. The van der Waals surface area contributed by atoms with Gasteiger partial charge in [0.15, 0.2) is 0 Å². The maximum absolute atomic E-state index is 11.9. The normalized spacial score (nSPS) is 17.5. The van der Waals surface area contributed by atoms with Crippen LogP contribution < -0.4 is 0 Å². The van der Waals surface area contributed by atoms with Gasteiger partial charge in [-0.25, -0.2) is 0 Å². The highest BCUT2D eigenvalue weighted by Crippen LogP contribution is 2.53. The summed E-state index contributed by atoms with van der Waals surface area (Å²) in [5, 5.41) is 73.5. The van der Waals surface area contributed by atoms with Crippen LogP contribution in [0.15, 0.2) is 194 Å². The van der Waals surface area contributed by atoms with Crippen LogP contribution in [0, 0.1) is 69.2 Å². The van der Waals surface area contributed by atoms with Crippen LogP contribution in [0.2, 0.25) is 0 Å². The van der Waals surface area contributed by atoms with Crippen molar-refractivity contribution in [3.05, 3.63) is 317 Å². The number of phenolic OH excluding ortho intramolecular Hbond substituents is 6. The predicted molar refractivity (Wildman–Crippen MR) is 654 cm³/mol. The summed E-state index contributed by atoms with van der Waals surface area (Å²) in [7, 11) is 0. The fourth-order valence-corrected chi connectivity index (χ4v) is 30.7. The van der Waals surface area contributed by atoms with E-state index in [0.717, 1.165) is 135 Å². The van der Waals surface area contributed by atoms with Crippen molar-refractivity contribution in [1.82, 2.24) is 0 Å². The SMILES string of the molecule is Cc1cc(C)cc(-c2cc(C(C)(C)C)cc(CSC3CCCCCC[C@@H]3SCc3cc(C(C)(C)C)cc(-c4cc(C)cc(C)c4)c3O)c2O)c1.Cc1ccc(-c2cc(C(C)(C)C)cc(CSC3CCCCCC[C@@H]3SCc3cc(C(C)(C)C)cc(-c4ccc(C)cc4)c3O)c2O)cc1.Cc1cccc(C)c1-c1cc(C(C)(C)C)cc(CSC2CCCCCC[C@@H]2SCc2cc(C(C)(C)C)cc(-c3c(C)cccc3C)c2O)c1O. The van der Waals surface area contributed by atoms with Crippen molar-refractivity contribution in [1.29, 1.82) is 0 Å². The van der Waals surface area contributed by atoms with Crippen molar-refractivity contribution < 1.29 is 30.6 Å². The van der Waals surface area contributed by atoms with Gasteiger partial charge in [-0.05, 0) is 266 Å². The third kappa shape index (κ3) is 30.8. The first-order valence-corrected chi connectivity index (χ1v) is 61.4. The molecule has 15 rings (SSSR count). The summed E-state index contributed by atoms with van der Waals surface area (Å²) >= 11 is 12.2. The number of thioether (sulfide) groups is 6. The second kappa shape index (κ2) is 50.6. The minimum absolute atomic E-state index is 0.0216. The lowest BCUT2D eigenvalue weighted by molar-refractivity contribution is 0.470. The average Bonchev–Trinajstić information content (AvgIpc) is 0.830. The molecule has 3 aliphatic rings. The molecule has 0 radical (unpaired) electrons. The van der Waals surface area contributed by atoms with Gasteiger partial charge in [-0.3, -0.25) is 0 Å². The molecule has 0 amide bonds. The third-order valence-electron chi connectivity index (χ3n) is 30.8. The van der Waals surface area contributed by atoms with E-state index in [4.69, 9.17) is 0 Å². The topological polar surface area (TPSA) is 121 Å². The predicted octanol–water partition coefficient (Wildman–Crippen LogP) is 39.9. The molecule has 12 heteroatoms. The van der Waals surface area contributed by atoms with Gasteiger partial charge in [-0.1, -0.05) is 393 Å². The Bertz CT molecular complexity index is 6060. The molecule has 0 aliphatic heterocycles. The van der Waals surface area contributed by atoms with E-state index in [1.807, 2.05) is 70.6 Å². The Balaban J connectivity index is 0.000000185. The largest absolute Gasteiger partial charge is 0.507 e. The number of aryl methyl sites for hydroxylation is 10. The molecular formula is C136H176O6S6. The van der Waals surface area contributed by atoms with E-state index >= 15 is 0 Å². The highest BCUT2D eigenvalue weighted by molar-refractivity contribution is 8.04. The van der Waals surface area contributed by atoms with Crippen LogP contribution in [0.25, 0.3) is 66.8 Å². The molecule has 3 saturated carbocycles. The molecule has 6 atom stereocenters. The minimum Gasteiger partial charge on any atom is -0.507 e. The van der Waals surface area contributed by atoms with Crippen molar-refractivity contribution in [3.8, 4) is 101 Å². The van der Waals surface area contributed by atoms with Crippen LogP contribution in [0.1, 0.15) is 363 Å². The molecule has 6 N–H and O–H groups in total. The first-order chi connectivity index (χ1) is 69.7. The Morgan fingerprint density at radius 3 is 0.561 bits per heavy atom. The lowest BCUT2D eigenvalue weighted by atomic mass is 9.83. The maximum Gasteiger partial charge on any atom is 0.127 e. The van der Waals surface area contributed by atoms with E-state index in [1.54, 1.807) is 0 Å². The van der Waals surface area contributed by atoms with Gasteiger partial charge in [0.25, 0.3) is 0 Å². The Kier molecular flexibility index (Phi) is 39.9. The number of hydrogen-bond donors (Lipinski definition) is 6. The summed E-state index contributed by atoms with van der Waals surface area (Å²) in [6, 6.07) is 69.7. The second-order valence-electron chi connectivity index (χ2n) is 49.8. The molecule has 148 heavy (non-hydrogen) atoms. The summed E-state index contributed by atoms with van der Waals surface area (Å²) in [5.74, 6) is 7.28. The van der Waals surface area contributed by atoms with Crippen LogP contribution in [-0.2, 0) is 67.0 Å². The summed E-state index contributed by atoms with van der Waals surface area (Å²) in [6.45, 7) is 62.0. The first kappa shape index (κ1) is 117. The highest BCUT2D eigenvalue weighted by Gasteiger charge is 2.35. The summed E-state index contributed by atoms with van der Waals surface area (Å²) in [5.41, 5.74) is 38.0. The van der Waals surface area contributed by atoms with Crippen LogP contribution >= 0.6 is 70.6 Å². The van der Waals surface area contributed by atoms with Gasteiger partial charge in [0.05, 0.1) is 0 Å². The minimum atomic E-state index is -0.0314. The fraction of sp³-hybridized carbons (Fsp3) is 0.471. The smallest absolute Gasteiger partial charge is 0.127 e. The van der Waals surface area contributed by atoms with Crippen LogP contribution in [-0.4, -0.2) is 62.1 Å². The molecule has 12 aromatic carbocycles. The molecule has 0 spiro atoms. The van der Waals surface area contributed by atoms with Gasteiger partial charge >= 0.3 is 0 Å². The molecule has 3 aliphatic carbocycles. The number of rotatable bonds is 24. The van der Waals surface area contributed by atoms with Gasteiger partial charge in [-0.2, -0.15) is 70.6 Å². The Labute approximate surface area is 919 Å². The van der Waals surface area contributed by atoms with E-state index in [0.29, 0.717) is 66.0 Å². The standard InChI is InChI=1S/2C46H60O2S2.C44H56O2S2/c1-29-17-15-18-30(2)41(29)37-25-35(45(5,6)7)23-33(43(37)47)27-49-39-21-13-11-12-14-22-40(39)50-28-34-24-36(46(8,9)10)26-38(44(34)48)42-31(3)19-16-20-32(42)4;1-29-17-30(2)20-33(19-29)39-25-37(45(5,6)7)23-35(43(39)47)27-49-41-15-13-11-12-14-16-42(41)50-28-36-24-38(46(8,9)10)26-40(44(36)48)34-21-31(3)18-32(4)22-34;1-29-15-19-31(20-16-29)37-25-35(43(3,4)5)23-33(41(37)45)27-47-39-13-11-9-10-12-14-40(39)48-28-34-24-36(44(6,7)8)26-38(42(34)46)32-21-17-30(2)18-22-32/h15-20,23-26,39-40,47-48H,11-14,21-22,27-28H2,1-10H3;17-26,41-42,47-48H,11-16,27-28H2,1-10H3;15-26,39-40,45-46H,9-14,27-28H2,1-8H3/t39-,40?;41-,42?;39-,40?/m000/s1. The summed E-state index contributed by atoms with van der Waals surface area (Å²) in [4.78, 5) is 0. The second-order valence-corrected chi connectivity index (χ2v) is 57.1.